The van der Waals surface area contributed by atoms with E-state index in [9.17, 15) is 14.0 Å². The fourth-order valence-electron chi connectivity index (χ4n) is 5.83. The van der Waals surface area contributed by atoms with Crippen molar-refractivity contribution >= 4 is 34.7 Å². The second-order valence-corrected chi connectivity index (χ2v) is 10.8. The van der Waals surface area contributed by atoms with Gasteiger partial charge in [-0.05, 0) is 19.8 Å². The number of piperidine rings is 1. The van der Waals surface area contributed by atoms with Gasteiger partial charge in [-0.1, -0.05) is 0 Å². The highest BCUT2D eigenvalue weighted by Crippen LogP contribution is 2.33. The van der Waals surface area contributed by atoms with Gasteiger partial charge in [0.05, 0.1) is 49.2 Å². The number of anilines is 3. The first-order valence-electron chi connectivity index (χ1n) is 13.3. The van der Waals surface area contributed by atoms with E-state index in [1.807, 2.05) is 9.80 Å². The highest BCUT2D eigenvalue weighted by atomic mass is 19.1. The Hall–Kier alpha value is -3.91. The SMILES string of the molecule is CC1(N2CCN(C(=O)C3CCN(c4c(F)cncc4NC(=O)c4c(N)nn5cc(F)cnc45)CC3)CC2)COC1. The number of amides is 2. The lowest BCUT2D eigenvalue weighted by molar-refractivity contribution is -0.152. The van der Waals surface area contributed by atoms with Crippen LogP contribution in [0.3, 0.4) is 0 Å². The Balaban J connectivity index is 1.11. The standard InChI is InChI=1S/C26H31F2N9O3/c1-26(14-40-15-26)36-8-6-35(7-9-36)25(39)16-2-4-34(5-3-16)21-18(28)11-30-12-19(21)32-24(38)20-22(29)33-37-13-17(27)10-31-23(20)37/h10-13,16H,2-9,14-15H2,1H3,(H2,29,33)(H,32,38). The van der Waals surface area contributed by atoms with Crippen molar-refractivity contribution < 1.29 is 23.1 Å². The molecule has 3 aromatic heterocycles. The number of ether oxygens (including phenoxy) is 1. The van der Waals surface area contributed by atoms with Gasteiger partial charge in [-0.25, -0.2) is 18.3 Å². The molecule has 0 aromatic carbocycles. The summed E-state index contributed by atoms with van der Waals surface area (Å²) in [5, 5.41) is 6.61. The van der Waals surface area contributed by atoms with Crippen molar-refractivity contribution in [1.29, 1.82) is 0 Å². The Labute approximate surface area is 229 Å². The largest absolute Gasteiger partial charge is 0.381 e. The topological polar surface area (TPSA) is 134 Å². The van der Waals surface area contributed by atoms with Crippen molar-refractivity contribution in [2.75, 3.05) is 68.4 Å². The number of hydrogen-bond donors (Lipinski definition) is 2. The number of fused-ring (bicyclic) bond motifs is 1. The third-order valence-electron chi connectivity index (χ3n) is 8.16. The maximum absolute atomic E-state index is 15.1. The maximum atomic E-state index is 15.1. The van der Waals surface area contributed by atoms with E-state index >= 15 is 4.39 Å². The molecule has 3 aromatic rings. The molecule has 3 N–H and O–H groups in total. The maximum Gasteiger partial charge on any atom is 0.263 e. The van der Waals surface area contributed by atoms with Crippen LogP contribution >= 0.6 is 0 Å². The molecule has 212 valence electrons. The van der Waals surface area contributed by atoms with Crippen molar-refractivity contribution in [2.45, 2.75) is 25.3 Å². The smallest absolute Gasteiger partial charge is 0.263 e. The summed E-state index contributed by atoms with van der Waals surface area (Å²) < 4.78 is 35.1. The number of nitrogen functional groups attached to an aromatic ring is 1. The molecule has 2 amide bonds. The fraction of sp³-hybridized carbons (Fsp3) is 0.500. The third kappa shape index (κ3) is 4.70. The number of pyridine rings is 1. The van der Waals surface area contributed by atoms with Crippen LogP contribution in [0.1, 0.15) is 30.1 Å². The van der Waals surface area contributed by atoms with E-state index in [0.29, 0.717) is 39.0 Å². The monoisotopic (exact) mass is 555 g/mol. The average molecular weight is 556 g/mol. The number of aromatic nitrogens is 4. The number of carbonyl (C=O) groups excluding carboxylic acids is 2. The summed E-state index contributed by atoms with van der Waals surface area (Å²) in [6.07, 6.45) is 5.59. The molecular weight excluding hydrogens is 524 g/mol. The van der Waals surface area contributed by atoms with Crippen LogP contribution in [0.2, 0.25) is 0 Å². The summed E-state index contributed by atoms with van der Waals surface area (Å²) in [5.41, 5.74) is 6.34. The minimum Gasteiger partial charge on any atom is -0.381 e. The van der Waals surface area contributed by atoms with Crippen LogP contribution in [0.5, 0.6) is 0 Å². The van der Waals surface area contributed by atoms with Crippen LogP contribution in [-0.4, -0.2) is 99.2 Å². The van der Waals surface area contributed by atoms with E-state index in [0.717, 1.165) is 49.4 Å². The highest BCUT2D eigenvalue weighted by molar-refractivity contribution is 6.12. The lowest BCUT2D eigenvalue weighted by Crippen LogP contribution is -2.65. The molecule has 3 saturated heterocycles. The molecule has 0 radical (unpaired) electrons. The average Bonchev–Trinajstić information content (AvgIpc) is 3.26. The Morgan fingerprint density at radius 2 is 1.80 bits per heavy atom. The first-order valence-corrected chi connectivity index (χ1v) is 13.3. The first kappa shape index (κ1) is 26.3. The van der Waals surface area contributed by atoms with Gasteiger partial charge in [0.25, 0.3) is 5.91 Å². The minimum absolute atomic E-state index is 0.0570. The number of carbonyl (C=O) groups is 2. The lowest BCUT2D eigenvalue weighted by atomic mass is 9.93. The van der Waals surface area contributed by atoms with E-state index in [1.54, 1.807) is 0 Å². The Bertz CT molecular complexity index is 1440. The van der Waals surface area contributed by atoms with Gasteiger partial charge in [0.2, 0.25) is 5.91 Å². The van der Waals surface area contributed by atoms with Crippen molar-refractivity contribution in [3.05, 3.63) is 42.0 Å². The number of hydrogen-bond acceptors (Lipinski definition) is 9. The zero-order chi connectivity index (χ0) is 28.0. The molecule has 6 heterocycles. The zero-order valence-corrected chi connectivity index (χ0v) is 22.1. The van der Waals surface area contributed by atoms with Crippen LogP contribution < -0.4 is 16.0 Å². The summed E-state index contributed by atoms with van der Waals surface area (Å²) >= 11 is 0. The Morgan fingerprint density at radius 3 is 2.48 bits per heavy atom. The van der Waals surface area contributed by atoms with Crippen molar-refractivity contribution in [2.24, 2.45) is 5.92 Å². The number of nitrogens with one attached hydrogen (secondary N) is 1. The van der Waals surface area contributed by atoms with Gasteiger partial charge in [0, 0.05) is 45.2 Å². The van der Waals surface area contributed by atoms with Crippen molar-refractivity contribution in [3.8, 4) is 0 Å². The van der Waals surface area contributed by atoms with Gasteiger partial charge in [-0.3, -0.25) is 19.5 Å². The van der Waals surface area contributed by atoms with Crippen LogP contribution in [0.15, 0.2) is 24.8 Å². The lowest BCUT2D eigenvalue weighted by Gasteiger charge is -2.50. The molecule has 0 atom stereocenters. The minimum atomic E-state index is -0.674. The molecule has 0 saturated carbocycles. The summed E-state index contributed by atoms with van der Waals surface area (Å²) in [4.78, 5) is 40.4. The number of halogens is 2. The zero-order valence-electron chi connectivity index (χ0n) is 22.1. The Morgan fingerprint density at radius 1 is 1.07 bits per heavy atom. The summed E-state index contributed by atoms with van der Waals surface area (Å²) in [6.45, 7) is 7.59. The molecule has 14 heteroatoms. The van der Waals surface area contributed by atoms with Crippen LogP contribution in [0.25, 0.3) is 5.65 Å². The van der Waals surface area contributed by atoms with E-state index in [1.165, 1.54) is 6.20 Å². The molecule has 0 bridgehead atoms. The van der Waals surface area contributed by atoms with Gasteiger partial charge >= 0.3 is 0 Å². The van der Waals surface area contributed by atoms with Crippen LogP contribution in [0.4, 0.5) is 26.0 Å². The van der Waals surface area contributed by atoms with E-state index in [-0.39, 0.29) is 45.8 Å². The van der Waals surface area contributed by atoms with Gasteiger partial charge < -0.3 is 25.6 Å². The molecule has 3 fully saturated rings. The van der Waals surface area contributed by atoms with Gasteiger partial charge in [0.1, 0.15) is 11.3 Å². The number of nitrogens with two attached hydrogens (primary N) is 1. The van der Waals surface area contributed by atoms with Gasteiger partial charge in [-0.15, -0.1) is 5.10 Å². The first-order chi connectivity index (χ1) is 19.2. The predicted molar refractivity (Wildman–Crippen MR) is 142 cm³/mol. The molecule has 0 spiro atoms. The molecule has 3 aliphatic rings. The predicted octanol–water partition coefficient (Wildman–Crippen LogP) is 1.39. The van der Waals surface area contributed by atoms with Crippen LogP contribution in [0, 0.1) is 17.6 Å². The molecule has 40 heavy (non-hydrogen) atoms. The van der Waals surface area contributed by atoms with Gasteiger partial charge in [-0.2, -0.15) is 0 Å². The second kappa shape index (κ2) is 10.2. The van der Waals surface area contributed by atoms with E-state index in [4.69, 9.17) is 10.5 Å². The molecular formula is C26H31F2N9O3. The number of rotatable bonds is 5. The normalized spacial score (nSPS) is 20.0. The van der Waals surface area contributed by atoms with Crippen LogP contribution in [-0.2, 0) is 9.53 Å². The summed E-state index contributed by atoms with van der Waals surface area (Å²) in [5.74, 6) is -2.05. The van der Waals surface area contributed by atoms with E-state index in [2.05, 4.69) is 32.2 Å². The summed E-state index contributed by atoms with van der Waals surface area (Å²) in [7, 11) is 0. The fourth-order valence-corrected chi connectivity index (χ4v) is 5.83. The van der Waals surface area contributed by atoms with Crippen molar-refractivity contribution in [1.82, 2.24) is 29.4 Å². The Kier molecular flexibility index (Phi) is 6.74. The van der Waals surface area contributed by atoms with E-state index < -0.39 is 17.5 Å². The number of nitrogens with zero attached hydrogens (tertiary/aromatic N) is 7. The quantitative estimate of drug-likeness (QED) is 0.479. The summed E-state index contributed by atoms with van der Waals surface area (Å²) in [6, 6.07) is 0. The van der Waals surface area contributed by atoms with Crippen molar-refractivity contribution in [3.63, 3.8) is 0 Å². The molecule has 0 aliphatic carbocycles. The second-order valence-electron chi connectivity index (χ2n) is 10.8. The molecule has 3 aliphatic heterocycles. The molecule has 12 nitrogen and oxygen atoms in total. The molecule has 0 unspecified atom stereocenters. The molecule has 6 rings (SSSR count). The highest BCUT2D eigenvalue weighted by Gasteiger charge is 2.41. The number of piperazine rings is 1. The van der Waals surface area contributed by atoms with Gasteiger partial charge in [0.15, 0.2) is 23.1 Å². The third-order valence-corrected chi connectivity index (χ3v) is 8.16.